The quantitative estimate of drug-likeness (QED) is 0.867. The Morgan fingerprint density at radius 3 is 2.45 bits per heavy atom. The summed E-state index contributed by atoms with van der Waals surface area (Å²) in [5, 5.41) is 3.20. The highest BCUT2D eigenvalue weighted by Crippen LogP contribution is 2.30. The van der Waals surface area contributed by atoms with Gasteiger partial charge in [0.15, 0.2) is 0 Å². The maximum atomic E-state index is 13.2. The molecule has 1 aromatic carbocycles. The zero-order valence-electron chi connectivity index (χ0n) is 10.8. The van der Waals surface area contributed by atoms with Gasteiger partial charge in [0.25, 0.3) is 0 Å². The summed E-state index contributed by atoms with van der Waals surface area (Å²) in [7, 11) is 0. The third kappa shape index (κ3) is 4.62. The van der Waals surface area contributed by atoms with E-state index in [-0.39, 0.29) is 30.7 Å². The van der Waals surface area contributed by atoms with E-state index >= 15 is 0 Å². The van der Waals surface area contributed by atoms with E-state index < -0.39 is 6.43 Å². The van der Waals surface area contributed by atoms with E-state index in [1.807, 2.05) is 4.90 Å². The first-order chi connectivity index (χ1) is 9.08. The van der Waals surface area contributed by atoms with Crippen LogP contribution in [0.5, 0.6) is 0 Å². The summed E-state index contributed by atoms with van der Waals surface area (Å²) >= 11 is 3.11. The lowest BCUT2D eigenvalue weighted by Gasteiger charge is -2.35. The molecule has 1 saturated heterocycles. The van der Waals surface area contributed by atoms with Gasteiger partial charge in [0.1, 0.15) is 5.82 Å². The lowest BCUT2D eigenvalue weighted by Crippen LogP contribution is -2.45. The molecule has 0 bridgehead atoms. The van der Waals surface area contributed by atoms with Gasteiger partial charge in [-0.15, -0.1) is 12.4 Å². The average Bonchev–Trinajstić information content (AvgIpc) is 2.40. The highest BCUT2D eigenvalue weighted by Gasteiger charge is 2.25. The normalized spacial score (nSPS) is 17.9. The van der Waals surface area contributed by atoms with Gasteiger partial charge in [0, 0.05) is 38.6 Å². The molecule has 0 spiro atoms. The minimum absolute atomic E-state index is 0. The molecule has 20 heavy (non-hydrogen) atoms. The molecule has 7 heteroatoms. The molecule has 0 amide bonds. The number of halogens is 5. The van der Waals surface area contributed by atoms with Gasteiger partial charge in [0.05, 0.1) is 4.47 Å². The Hall–Kier alpha value is -0.300. The van der Waals surface area contributed by atoms with Crippen LogP contribution < -0.4 is 5.32 Å². The maximum absolute atomic E-state index is 13.2. The van der Waals surface area contributed by atoms with Crippen LogP contribution >= 0.6 is 28.3 Å². The second-order valence-electron chi connectivity index (χ2n) is 4.60. The molecule has 1 heterocycles. The molecule has 0 saturated carbocycles. The molecule has 0 aliphatic carbocycles. The van der Waals surface area contributed by atoms with Gasteiger partial charge < -0.3 is 5.32 Å². The van der Waals surface area contributed by atoms with Gasteiger partial charge in [-0.3, -0.25) is 4.90 Å². The molecular weight excluding hydrogens is 357 g/mol. The Kier molecular flexibility index (Phi) is 7.29. The third-order valence-corrected chi connectivity index (χ3v) is 3.93. The summed E-state index contributed by atoms with van der Waals surface area (Å²) in [6, 6.07) is 4.15. The Morgan fingerprint density at radius 2 is 1.90 bits per heavy atom. The topological polar surface area (TPSA) is 15.3 Å². The van der Waals surface area contributed by atoms with Crippen molar-refractivity contribution >= 4 is 28.3 Å². The molecule has 0 unspecified atom stereocenters. The minimum atomic E-state index is -2.37. The molecule has 2 rings (SSSR count). The number of nitrogens with zero attached hydrogens (tertiary/aromatic N) is 1. The summed E-state index contributed by atoms with van der Waals surface area (Å²) in [4.78, 5) is 2.03. The van der Waals surface area contributed by atoms with Crippen molar-refractivity contribution in [3.63, 3.8) is 0 Å². The number of rotatable bonds is 4. The zero-order chi connectivity index (χ0) is 13.8. The van der Waals surface area contributed by atoms with Crippen LogP contribution in [0.3, 0.4) is 0 Å². The van der Waals surface area contributed by atoms with E-state index in [4.69, 9.17) is 0 Å². The Labute approximate surface area is 131 Å². The van der Waals surface area contributed by atoms with Crippen LogP contribution in [0.15, 0.2) is 22.7 Å². The molecule has 1 atom stereocenters. The van der Waals surface area contributed by atoms with E-state index in [0.29, 0.717) is 4.47 Å². The molecule has 1 N–H and O–H groups in total. The van der Waals surface area contributed by atoms with Crippen molar-refractivity contribution in [3.05, 3.63) is 34.1 Å². The first-order valence-electron chi connectivity index (χ1n) is 6.26. The number of benzene rings is 1. The number of piperazine rings is 1. The van der Waals surface area contributed by atoms with Gasteiger partial charge in [-0.2, -0.15) is 0 Å². The van der Waals surface area contributed by atoms with Crippen molar-refractivity contribution in [1.29, 1.82) is 0 Å². The molecule has 0 radical (unpaired) electrons. The summed E-state index contributed by atoms with van der Waals surface area (Å²) in [5.41, 5.74) is 0.732. The van der Waals surface area contributed by atoms with Crippen LogP contribution in [0.4, 0.5) is 13.2 Å². The highest BCUT2D eigenvalue weighted by atomic mass is 79.9. The van der Waals surface area contributed by atoms with Gasteiger partial charge in [-0.05, 0) is 33.6 Å². The largest absolute Gasteiger partial charge is 0.314 e. The third-order valence-electron chi connectivity index (χ3n) is 3.32. The van der Waals surface area contributed by atoms with Gasteiger partial charge in [-0.1, -0.05) is 6.07 Å². The lowest BCUT2D eigenvalue weighted by atomic mass is 10.0. The fourth-order valence-electron chi connectivity index (χ4n) is 2.38. The Morgan fingerprint density at radius 1 is 1.25 bits per heavy atom. The standard InChI is InChI=1S/C13H16BrF3N2.ClH/c14-10-7-9(1-2-11(10)15)12(8-13(16)17)19-5-3-18-4-6-19;/h1-2,7,12-13,18H,3-6,8H2;1H/t12-;/m0./s1. The molecular formula is C13H17BrClF3N2. The minimum Gasteiger partial charge on any atom is -0.314 e. The summed E-state index contributed by atoms with van der Waals surface area (Å²) in [5.74, 6) is -0.375. The van der Waals surface area contributed by atoms with E-state index in [2.05, 4.69) is 21.2 Å². The molecule has 0 aromatic heterocycles. The van der Waals surface area contributed by atoms with E-state index in [0.717, 1.165) is 31.7 Å². The van der Waals surface area contributed by atoms with Crippen LogP contribution in [0.25, 0.3) is 0 Å². The first kappa shape index (κ1) is 17.8. The molecule has 1 fully saturated rings. The predicted octanol–water partition coefficient (Wildman–Crippen LogP) is 3.61. The summed E-state index contributed by atoms with van der Waals surface area (Å²) in [6.45, 7) is 3.04. The fraction of sp³-hybridized carbons (Fsp3) is 0.538. The lowest BCUT2D eigenvalue weighted by molar-refractivity contribution is 0.0739. The summed E-state index contributed by atoms with van der Waals surface area (Å²) < 4.78 is 39.1. The smallest absolute Gasteiger partial charge is 0.240 e. The van der Waals surface area contributed by atoms with Gasteiger partial charge in [0.2, 0.25) is 6.43 Å². The average molecular weight is 374 g/mol. The van der Waals surface area contributed by atoms with Crippen molar-refractivity contribution in [3.8, 4) is 0 Å². The van der Waals surface area contributed by atoms with Crippen molar-refractivity contribution in [2.75, 3.05) is 26.2 Å². The monoisotopic (exact) mass is 372 g/mol. The molecule has 2 nitrogen and oxygen atoms in total. The fourth-order valence-corrected chi connectivity index (χ4v) is 2.77. The van der Waals surface area contributed by atoms with Crippen molar-refractivity contribution in [1.82, 2.24) is 10.2 Å². The van der Waals surface area contributed by atoms with Gasteiger partial charge in [-0.25, -0.2) is 13.2 Å². The van der Waals surface area contributed by atoms with E-state index in [9.17, 15) is 13.2 Å². The van der Waals surface area contributed by atoms with Crippen molar-refractivity contribution in [2.24, 2.45) is 0 Å². The zero-order valence-corrected chi connectivity index (χ0v) is 13.2. The maximum Gasteiger partial charge on any atom is 0.240 e. The SMILES string of the molecule is Cl.Fc1ccc([C@H](CC(F)F)N2CCNCC2)cc1Br. The molecule has 1 aliphatic rings. The van der Waals surface area contributed by atoms with Crippen molar-refractivity contribution in [2.45, 2.75) is 18.9 Å². The Balaban J connectivity index is 0.00000200. The highest BCUT2D eigenvalue weighted by molar-refractivity contribution is 9.10. The van der Waals surface area contributed by atoms with Crippen LogP contribution in [0.2, 0.25) is 0 Å². The molecule has 1 aliphatic heterocycles. The number of hydrogen-bond acceptors (Lipinski definition) is 2. The van der Waals surface area contributed by atoms with Crippen LogP contribution in [0, 0.1) is 5.82 Å². The van der Waals surface area contributed by atoms with Crippen LogP contribution in [0.1, 0.15) is 18.0 Å². The Bertz CT molecular complexity index is 428. The summed E-state index contributed by atoms with van der Waals surface area (Å²) in [6.07, 6.45) is -2.60. The van der Waals surface area contributed by atoms with E-state index in [1.165, 1.54) is 6.07 Å². The second-order valence-corrected chi connectivity index (χ2v) is 5.46. The second kappa shape index (κ2) is 8.22. The predicted molar refractivity (Wildman–Crippen MR) is 79.2 cm³/mol. The van der Waals surface area contributed by atoms with E-state index in [1.54, 1.807) is 12.1 Å². The van der Waals surface area contributed by atoms with Crippen molar-refractivity contribution < 1.29 is 13.2 Å². The molecule has 1 aromatic rings. The van der Waals surface area contributed by atoms with Crippen LogP contribution in [-0.2, 0) is 0 Å². The number of nitrogens with one attached hydrogen (secondary N) is 1. The number of hydrogen-bond donors (Lipinski definition) is 1. The molecule has 114 valence electrons. The number of alkyl halides is 2. The van der Waals surface area contributed by atoms with Gasteiger partial charge >= 0.3 is 0 Å². The first-order valence-corrected chi connectivity index (χ1v) is 7.05. The van der Waals surface area contributed by atoms with Crippen LogP contribution in [-0.4, -0.2) is 37.5 Å².